The molecule has 1 saturated heterocycles. The van der Waals surface area contributed by atoms with Gasteiger partial charge in [0.15, 0.2) is 0 Å². The highest BCUT2D eigenvalue weighted by Gasteiger charge is 2.33. The fourth-order valence-corrected chi connectivity index (χ4v) is 3.56. The molecule has 4 heteroatoms. The third kappa shape index (κ3) is 5.26. The lowest BCUT2D eigenvalue weighted by atomic mass is 9.82. The lowest BCUT2D eigenvalue weighted by Crippen LogP contribution is -2.44. The molecule has 1 N–H and O–H groups in total. The van der Waals surface area contributed by atoms with Crippen LogP contribution in [-0.2, 0) is 9.53 Å². The Morgan fingerprint density at radius 3 is 2.62 bits per heavy atom. The van der Waals surface area contributed by atoms with Crippen LogP contribution < -0.4 is 0 Å². The average molecular weight is 297 g/mol. The molecule has 2 fully saturated rings. The molecule has 1 heterocycles. The second-order valence-corrected chi connectivity index (χ2v) is 6.79. The van der Waals surface area contributed by atoms with Crippen molar-refractivity contribution in [2.75, 3.05) is 19.7 Å². The van der Waals surface area contributed by atoms with Gasteiger partial charge in [0.05, 0.1) is 18.1 Å². The van der Waals surface area contributed by atoms with Crippen LogP contribution in [0.4, 0.5) is 0 Å². The number of hydrogen-bond acceptors (Lipinski definition) is 3. The van der Waals surface area contributed by atoms with Crippen molar-refractivity contribution in [3.63, 3.8) is 0 Å². The molecule has 1 saturated carbocycles. The molecule has 0 aromatic rings. The van der Waals surface area contributed by atoms with E-state index in [0.29, 0.717) is 13.0 Å². The Morgan fingerprint density at radius 1 is 1.24 bits per heavy atom. The minimum atomic E-state index is -0.755. The number of carbonyl (C=O) groups excluding carboxylic acids is 1. The maximum Gasteiger partial charge on any atom is 0.225 e. The highest BCUT2D eigenvalue weighted by Crippen LogP contribution is 2.31. The molecule has 0 spiro atoms. The van der Waals surface area contributed by atoms with Gasteiger partial charge in [0.2, 0.25) is 5.91 Å². The third-order valence-corrected chi connectivity index (χ3v) is 4.81. The van der Waals surface area contributed by atoms with E-state index < -0.39 is 5.60 Å². The summed E-state index contributed by atoms with van der Waals surface area (Å²) in [5.74, 6) is 0.107. The Kier molecular flexibility index (Phi) is 6.49. The van der Waals surface area contributed by atoms with Gasteiger partial charge in [-0.1, -0.05) is 26.2 Å². The van der Waals surface area contributed by atoms with Gasteiger partial charge in [-0.3, -0.25) is 4.79 Å². The van der Waals surface area contributed by atoms with E-state index in [0.717, 1.165) is 58.1 Å². The average Bonchev–Trinajstić information content (AvgIpc) is 2.48. The van der Waals surface area contributed by atoms with Crippen LogP contribution in [0.15, 0.2) is 0 Å². The molecule has 0 radical (unpaired) electrons. The summed E-state index contributed by atoms with van der Waals surface area (Å²) in [6.45, 7) is 4.39. The largest absolute Gasteiger partial charge is 0.389 e. The summed E-state index contributed by atoms with van der Waals surface area (Å²) in [6, 6.07) is 0. The van der Waals surface area contributed by atoms with E-state index in [4.69, 9.17) is 4.74 Å². The summed E-state index contributed by atoms with van der Waals surface area (Å²) in [5.41, 5.74) is -0.755. The summed E-state index contributed by atoms with van der Waals surface area (Å²) in [7, 11) is 0. The number of rotatable bonds is 6. The van der Waals surface area contributed by atoms with Crippen LogP contribution in [0.5, 0.6) is 0 Å². The van der Waals surface area contributed by atoms with Crippen LogP contribution in [0.3, 0.4) is 0 Å². The van der Waals surface area contributed by atoms with Gasteiger partial charge in [-0.05, 0) is 38.5 Å². The smallest absolute Gasteiger partial charge is 0.225 e. The van der Waals surface area contributed by atoms with Crippen molar-refractivity contribution in [1.82, 2.24) is 4.90 Å². The van der Waals surface area contributed by atoms with Gasteiger partial charge in [-0.25, -0.2) is 0 Å². The van der Waals surface area contributed by atoms with E-state index in [1.807, 2.05) is 4.90 Å². The zero-order valence-corrected chi connectivity index (χ0v) is 13.5. The normalized spacial score (nSPS) is 25.5. The van der Waals surface area contributed by atoms with E-state index in [1.54, 1.807) is 0 Å². The van der Waals surface area contributed by atoms with Crippen molar-refractivity contribution in [1.29, 1.82) is 0 Å². The van der Waals surface area contributed by atoms with Crippen molar-refractivity contribution in [3.8, 4) is 0 Å². The Labute approximate surface area is 128 Å². The molecule has 122 valence electrons. The zero-order chi connectivity index (χ0) is 15.1. The van der Waals surface area contributed by atoms with Gasteiger partial charge < -0.3 is 14.7 Å². The number of hydrogen-bond donors (Lipinski definition) is 1. The van der Waals surface area contributed by atoms with Crippen molar-refractivity contribution in [3.05, 3.63) is 0 Å². The van der Waals surface area contributed by atoms with E-state index in [-0.39, 0.29) is 12.0 Å². The first-order chi connectivity index (χ1) is 10.1. The highest BCUT2D eigenvalue weighted by molar-refractivity contribution is 5.77. The van der Waals surface area contributed by atoms with Crippen molar-refractivity contribution in [2.45, 2.75) is 82.8 Å². The molecule has 1 atom stereocenters. The lowest BCUT2D eigenvalue weighted by molar-refractivity contribution is -0.140. The van der Waals surface area contributed by atoms with E-state index in [1.165, 1.54) is 12.8 Å². The first kappa shape index (κ1) is 16.8. The van der Waals surface area contributed by atoms with Crippen LogP contribution in [0.25, 0.3) is 0 Å². The van der Waals surface area contributed by atoms with Crippen LogP contribution >= 0.6 is 0 Å². The molecule has 0 aromatic heterocycles. The van der Waals surface area contributed by atoms with Crippen LogP contribution in [0.2, 0.25) is 0 Å². The minimum absolute atomic E-state index is 0.107. The number of aliphatic hydroxyl groups is 1. The monoisotopic (exact) mass is 297 g/mol. The minimum Gasteiger partial charge on any atom is -0.389 e. The maximum atomic E-state index is 12.6. The molecule has 2 rings (SSSR count). The maximum absolute atomic E-state index is 12.6. The second kappa shape index (κ2) is 8.14. The summed E-state index contributed by atoms with van der Waals surface area (Å²) in [4.78, 5) is 14.5. The molecule has 1 aliphatic heterocycles. The fraction of sp³-hybridized carbons (Fsp3) is 0.941. The predicted molar refractivity (Wildman–Crippen MR) is 83.1 cm³/mol. The Hall–Kier alpha value is -0.610. The van der Waals surface area contributed by atoms with E-state index in [9.17, 15) is 9.90 Å². The van der Waals surface area contributed by atoms with Crippen molar-refractivity contribution >= 4 is 5.91 Å². The number of nitrogens with zero attached hydrogens (tertiary/aromatic N) is 1. The SMILES string of the molecule is CCCN(CC1CCCCO1)C(=O)CC1(O)CCCCC1. The quantitative estimate of drug-likeness (QED) is 0.820. The molecule has 0 bridgehead atoms. The summed E-state index contributed by atoms with van der Waals surface area (Å²) >= 11 is 0. The van der Waals surface area contributed by atoms with Gasteiger partial charge in [0.25, 0.3) is 0 Å². The Morgan fingerprint density at radius 2 is 2.00 bits per heavy atom. The van der Waals surface area contributed by atoms with Gasteiger partial charge in [0.1, 0.15) is 0 Å². The van der Waals surface area contributed by atoms with Gasteiger partial charge in [0, 0.05) is 19.7 Å². The molecule has 1 unspecified atom stereocenters. The topological polar surface area (TPSA) is 49.8 Å². The second-order valence-electron chi connectivity index (χ2n) is 6.79. The lowest BCUT2D eigenvalue weighted by Gasteiger charge is -2.35. The summed E-state index contributed by atoms with van der Waals surface area (Å²) < 4.78 is 5.76. The molecule has 2 aliphatic rings. The predicted octanol–water partition coefficient (Wildman–Crippen LogP) is 2.88. The number of amides is 1. The Balaban J connectivity index is 1.87. The van der Waals surface area contributed by atoms with Gasteiger partial charge in [-0.2, -0.15) is 0 Å². The standard InChI is InChI=1S/C17H31NO3/c1-2-11-18(14-15-8-4-7-12-21-15)16(19)13-17(20)9-5-3-6-10-17/h15,20H,2-14H2,1H3. The van der Waals surface area contributed by atoms with Crippen LogP contribution in [0, 0.1) is 0 Å². The molecular weight excluding hydrogens is 266 g/mol. The van der Waals surface area contributed by atoms with Gasteiger partial charge >= 0.3 is 0 Å². The molecular formula is C17H31NO3. The summed E-state index contributed by atoms with van der Waals surface area (Å²) in [5, 5.41) is 10.6. The van der Waals surface area contributed by atoms with E-state index in [2.05, 4.69) is 6.92 Å². The first-order valence-corrected chi connectivity index (χ1v) is 8.75. The molecule has 1 amide bonds. The highest BCUT2D eigenvalue weighted by atomic mass is 16.5. The molecule has 0 aromatic carbocycles. The summed E-state index contributed by atoms with van der Waals surface area (Å²) in [6.07, 6.45) is 9.65. The van der Waals surface area contributed by atoms with Crippen LogP contribution in [-0.4, -0.2) is 47.3 Å². The molecule has 1 aliphatic carbocycles. The first-order valence-electron chi connectivity index (χ1n) is 8.75. The third-order valence-electron chi connectivity index (χ3n) is 4.81. The van der Waals surface area contributed by atoms with E-state index >= 15 is 0 Å². The fourth-order valence-electron chi connectivity index (χ4n) is 3.56. The molecule has 21 heavy (non-hydrogen) atoms. The van der Waals surface area contributed by atoms with Crippen molar-refractivity contribution in [2.24, 2.45) is 0 Å². The molecule has 4 nitrogen and oxygen atoms in total. The van der Waals surface area contributed by atoms with Gasteiger partial charge in [-0.15, -0.1) is 0 Å². The number of carbonyl (C=O) groups is 1. The number of ether oxygens (including phenoxy) is 1. The zero-order valence-electron chi connectivity index (χ0n) is 13.5. The Bertz CT molecular complexity index is 320. The van der Waals surface area contributed by atoms with Crippen LogP contribution in [0.1, 0.15) is 71.1 Å². The van der Waals surface area contributed by atoms with Crippen molar-refractivity contribution < 1.29 is 14.6 Å².